The van der Waals surface area contributed by atoms with Crippen molar-refractivity contribution in [1.29, 1.82) is 0 Å². The number of nitrogens with zero attached hydrogens (tertiary/aromatic N) is 2. The number of carbonyl (C=O) groups excluding carboxylic acids is 1. The van der Waals surface area contributed by atoms with E-state index in [-0.39, 0.29) is 12.4 Å². The van der Waals surface area contributed by atoms with Crippen molar-refractivity contribution in [2.24, 2.45) is 0 Å². The molecule has 0 aliphatic heterocycles. The molecule has 1 aliphatic rings. The Balaban J connectivity index is 1.78. The molecule has 0 spiro atoms. The molecule has 2 heterocycles. The molecule has 0 amide bonds. The third-order valence-corrected chi connectivity index (χ3v) is 5.99. The number of hydrogen-bond donors (Lipinski definition) is 1. The van der Waals surface area contributed by atoms with Gasteiger partial charge in [-0.2, -0.15) is 0 Å². The van der Waals surface area contributed by atoms with Crippen molar-refractivity contribution in [3.05, 3.63) is 40.5 Å². The van der Waals surface area contributed by atoms with Crippen LogP contribution in [-0.2, 0) is 28.8 Å². The number of benzene rings is 1. The number of rotatable bonds is 6. The number of esters is 1. The average Bonchev–Trinajstić information content (AvgIpc) is 3.07. The topological polar surface area (TPSA) is 73.3 Å². The van der Waals surface area contributed by atoms with Crippen molar-refractivity contribution < 1.29 is 14.3 Å². The van der Waals surface area contributed by atoms with E-state index in [0.717, 1.165) is 40.3 Å². The lowest BCUT2D eigenvalue weighted by Gasteiger charge is -2.14. The van der Waals surface area contributed by atoms with E-state index in [2.05, 4.69) is 10.3 Å². The summed E-state index contributed by atoms with van der Waals surface area (Å²) in [6.45, 7) is 2.15. The van der Waals surface area contributed by atoms with Crippen LogP contribution in [0.4, 0.5) is 11.5 Å². The predicted molar refractivity (Wildman–Crippen MR) is 111 cm³/mol. The van der Waals surface area contributed by atoms with E-state index in [1.165, 1.54) is 23.3 Å². The first kappa shape index (κ1) is 18.7. The van der Waals surface area contributed by atoms with Crippen molar-refractivity contribution in [3.8, 4) is 5.75 Å². The zero-order valence-electron chi connectivity index (χ0n) is 16.1. The molecule has 0 unspecified atom stereocenters. The quantitative estimate of drug-likeness (QED) is 0.621. The Morgan fingerprint density at radius 1 is 1.25 bits per heavy atom. The first-order valence-electron chi connectivity index (χ1n) is 9.55. The predicted octanol–water partition coefficient (Wildman–Crippen LogP) is 4.43. The maximum absolute atomic E-state index is 12.0. The van der Waals surface area contributed by atoms with Crippen LogP contribution in [0.5, 0.6) is 5.75 Å². The minimum Gasteiger partial charge on any atom is -0.497 e. The van der Waals surface area contributed by atoms with Gasteiger partial charge >= 0.3 is 5.97 Å². The molecule has 1 N–H and O–H groups in total. The molecule has 6 nitrogen and oxygen atoms in total. The summed E-state index contributed by atoms with van der Waals surface area (Å²) in [7, 11) is 1.65. The lowest BCUT2D eigenvalue weighted by atomic mass is 9.97. The van der Waals surface area contributed by atoms with E-state index in [0.29, 0.717) is 12.4 Å². The molecular weight excluding hydrogens is 374 g/mol. The standard InChI is InChI=1S/C21H23N3O3S/c1-3-27-18(25)12-17-23-20(22-13-7-6-8-14(11-13)26-2)19-15-9-4-5-10-16(15)28-21(19)24-17/h6-8,11H,3-5,9-10,12H2,1-2H3,(H,22,23,24). The van der Waals surface area contributed by atoms with Gasteiger partial charge in [0.05, 0.1) is 19.1 Å². The Labute approximate surface area is 167 Å². The van der Waals surface area contributed by atoms with Gasteiger partial charge in [-0.15, -0.1) is 11.3 Å². The fraction of sp³-hybridized carbons (Fsp3) is 0.381. The van der Waals surface area contributed by atoms with Gasteiger partial charge < -0.3 is 14.8 Å². The second-order valence-electron chi connectivity index (χ2n) is 6.72. The minimum atomic E-state index is -0.310. The summed E-state index contributed by atoms with van der Waals surface area (Å²) in [5.41, 5.74) is 2.23. The highest BCUT2D eigenvalue weighted by atomic mass is 32.1. The Bertz CT molecular complexity index is 1020. The van der Waals surface area contributed by atoms with Gasteiger partial charge in [-0.05, 0) is 50.3 Å². The van der Waals surface area contributed by atoms with E-state index in [1.54, 1.807) is 25.4 Å². The first-order valence-corrected chi connectivity index (χ1v) is 10.4. The molecule has 0 bridgehead atoms. The van der Waals surface area contributed by atoms with Gasteiger partial charge in [-0.3, -0.25) is 4.79 Å². The summed E-state index contributed by atoms with van der Waals surface area (Å²) >= 11 is 1.72. The Kier molecular flexibility index (Phi) is 5.43. The number of methoxy groups -OCH3 is 1. The lowest BCUT2D eigenvalue weighted by Crippen LogP contribution is -2.11. The molecule has 0 radical (unpaired) electrons. The van der Waals surface area contributed by atoms with Gasteiger partial charge in [0.15, 0.2) is 0 Å². The Morgan fingerprint density at radius 3 is 2.93 bits per heavy atom. The van der Waals surface area contributed by atoms with E-state index in [4.69, 9.17) is 14.5 Å². The molecule has 7 heteroatoms. The first-order chi connectivity index (χ1) is 13.7. The second kappa shape index (κ2) is 8.14. The molecule has 3 aromatic rings. The van der Waals surface area contributed by atoms with Crippen LogP contribution in [0.3, 0.4) is 0 Å². The molecule has 0 saturated heterocycles. The Hall–Kier alpha value is -2.67. The lowest BCUT2D eigenvalue weighted by molar-refractivity contribution is -0.142. The molecule has 4 rings (SSSR count). The van der Waals surface area contributed by atoms with Gasteiger partial charge in [0, 0.05) is 16.6 Å². The molecule has 2 aromatic heterocycles. The van der Waals surface area contributed by atoms with Gasteiger partial charge in [0.2, 0.25) is 0 Å². The van der Waals surface area contributed by atoms with Gasteiger partial charge in [-0.25, -0.2) is 9.97 Å². The molecule has 146 valence electrons. The number of aromatic nitrogens is 2. The third-order valence-electron chi connectivity index (χ3n) is 4.80. The number of ether oxygens (including phenoxy) is 2. The van der Waals surface area contributed by atoms with E-state index >= 15 is 0 Å². The number of thiophene rings is 1. The second-order valence-corrected chi connectivity index (χ2v) is 7.80. The van der Waals surface area contributed by atoms with Crippen molar-refractivity contribution >= 4 is 39.0 Å². The van der Waals surface area contributed by atoms with E-state index in [1.807, 2.05) is 24.3 Å². The van der Waals surface area contributed by atoms with Crippen LogP contribution in [0.1, 0.15) is 36.0 Å². The summed E-state index contributed by atoms with van der Waals surface area (Å²) in [5.74, 6) is 1.69. The van der Waals surface area contributed by atoms with Crippen LogP contribution in [0.25, 0.3) is 10.2 Å². The number of aryl methyl sites for hydroxylation is 2. The van der Waals surface area contributed by atoms with Crippen LogP contribution in [-0.4, -0.2) is 29.7 Å². The summed E-state index contributed by atoms with van der Waals surface area (Å²) < 4.78 is 10.4. The van der Waals surface area contributed by atoms with Gasteiger partial charge in [0.25, 0.3) is 0 Å². The molecular formula is C21H23N3O3S. The maximum atomic E-state index is 12.0. The summed E-state index contributed by atoms with van der Waals surface area (Å²) in [5, 5.41) is 4.51. The summed E-state index contributed by atoms with van der Waals surface area (Å²) in [6, 6.07) is 7.74. The molecule has 0 atom stereocenters. The zero-order valence-corrected chi connectivity index (χ0v) is 16.9. The molecule has 28 heavy (non-hydrogen) atoms. The van der Waals surface area contributed by atoms with Gasteiger partial charge in [-0.1, -0.05) is 6.07 Å². The molecule has 1 aromatic carbocycles. The number of hydrogen-bond acceptors (Lipinski definition) is 7. The highest BCUT2D eigenvalue weighted by molar-refractivity contribution is 7.19. The van der Waals surface area contributed by atoms with Crippen molar-refractivity contribution in [2.45, 2.75) is 39.0 Å². The van der Waals surface area contributed by atoms with Crippen LogP contribution in [0.15, 0.2) is 24.3 Å². The van der Waals surface area contributed by atoms with Crippen molar-refractivity contribution in [2.75, 3.05) is 19.0 Å². The largest absolute Gasteiger partial charge is 0.497 e. The smallest absolute Gasteiger partial charge is 0.313 e. The Morgan fingerprint density at radius 2 is 2.11 bits per heavy atom. The molecule has 0 saturated carbocycles. The number of fused-ring (bicyclic) bond motifs is 3. The molecule has 0 fully saturated rings. The van der Waals surface area contributed by atoms with Crippen molar-refractivity contribution in [1.82, 2.24) is 9.97 Å². The van der Waals surface area contributed by atoms with Gasteiger partial charge in [0.1, 0.15) is 28.6 Å². The average molecular weight is 398 g/mol. The fourth-order valence-corrected chi connectivity index (χ4v) is 4.83. The van der Waals surface area contributed by atoms with Crippen molar-refractivity contribution in [3.63, 3.8) is 0 Å². The van der Waals surface area contributed by atoms with E-state index in [9.17, 15) is 4.79 Å². The molecule has 1 aliphatic carbocycles. The number of nitrogens with one attached hydrogen (secondary N) is 1. The summed E-state index contributed by atoms with van der Waals surface area (Å²) in [6.07, 6.45) is 4.59. The van der Waals surface area contributed by atoms with Crippen LogP contribution < -0.4 is 10.1 Å². The maximum Gasteiger partial charge on any atom is 0.313 e. The minimum absolute atomic E-state index is 0.0686. The van der Waals surface area contributed by atoms with E-state index < -0.39 is 0 Å². The number of anilines is 2. The summed E-state index contributed by atoms with van der Waals surface area (Å²) in [4.78, 5) is 23.7. The highest BCUT2D eigenvalue weighted by Crippen LogP contribution is 2.39. The fourth-order valence-electron chi connectivity index (χ4n) is 3.55. The monoisotopic (exact) mass is 397 g/mol. The zero-order chi connectivity index (χ0) is 19.5. The van der Waals surface area contributed by atoms with Crippen LogP contribution in [0, 0.1) is 0 Å². The third kappa shape index (κ3) is 3.80. The van der Waals surface area contributed by atoms with Crippen LogP contribution in [0.2, 0.25) is 0 Å². The highest BCUT2D eigenvalue weighted by Gasteiger charge is 2.22. The SMILES string of the molecule is CCOC(=O)Cc1nc(Nc2cccc(OC)c2)c2c3c(sc2n1)CCCC3. The number of carbonyl (C=O) groups is 1. The van der Waals surface area contributed by atoms with Crippen LogP contribution >= 0.6 is 11.3 Å². The normalized spacial score (nSPS) is 13.2.